The molecule has 35 heavy (non-hydrogen) atoms. The molecule has 2 N–H and O–H groups in total. The Balaban J connectivity index is 1.33. The van der Waals surface area contributed by atoms with Gasteiger partial charge in [-0.05, 0) is 61.4 Å². The van der Waals surface area contributed by atoms with Gasteiger partial charge in [0.1, 0.15) is 0 Å². The van der Waals surface area contributed by atoms with Gasteiger partial charge in [-0.3, -0.25) is 0 Å². The lowest BCUT2D eigenvalue weighted by atomic mass is 9.78. The van der Waals surface area contributed by atoms with E-state index in [-0.39, 0.29) is 0 Å². The van der Waals surface area contributed by atoms with Crippen molar-refractivity contribution >= 4 is 17.5 Å². The summed E-state index contributed by atoms with van der Waals surface area (Å²) in [6.45, 7) is 9.22. The van der Waals surface area contributed by atoms with Gasteiger partial charge in [-0.2, -0.15) is 24.7 Å². The quantitative estimate of drug-likeness (QED) is 0.444. The molecule has 2 fully saturated rings. The standard InChI is InChI=1S/C26H33N9/c1-19(2)21-17-30-35-23(21)31-25(33-15-10-26(18-33)8-12-27-13-9-26)32-24(35)28-16-20-6-3-4-7-22(20)34-14-5-11-29-34/h3-7,11,14,17,19,27H,8-10,12-13,15-16,18H2,1-2H3,(H,28,31,32). The molecule has 6 rings (SSSR count). The molecule has 0 amide bonds. The van der Waals surface area contributed by atoms with Gasteiger partial charge in [0.05, 0.1) is 11.9 Å². The van der Waals surface area contributed by atoms with Crippen LogP contribution in [0.2, 0.25) is 0 Å². The van der Waals surface area contributed by atoms with Crippen molar-refractivity contribution in [3.63, 3.8) is 0 Å². The molecule has 2 saturated heterocycles. The Hall–Kier alpha value is -3.46. The first-order chi connectivity index (χ1) is 17.1. The van der Waals surface area contributed by atoms with E-state index in [9.17, 15) is 0 Å². The van der Waals surface area contributed by atoms with Gasteiger partial charge in [0.25, 0.3) is 0 Å². The van der Waals surface area contributed by atoms with Gasteiger partial charge in [0, 0.05) is 37.6 Å². The van der Waals surface area contributed by atoms with Gasteiger partial charge in [-0.25, -0.2) is 4.68 Å². The van der Waals surface area contributed by atoms with Gasteiger partial charge >= 0.3 is 0 Å². The number of rotatable bonds is 6. The summed E-state index contributed by atoms with van der Waals surface area (Å²) in [6, 6.07) is 10.2. The largest absolute Gasteiger partial charge is 0.350 e. The van der Waals surface area contributed by atoms with Crippen molar-refractivity contribution in [2.75, 3.05) is 36.4 Å². The van der Waals surface area contributed by atoms with Crippen LogP contribution in [0.25, 0.3) is 11.3 Å². The normalized spacial score (nSPS) is 17.6. The highest BCUT2D eigenvalue weighted by molar-refractivity contribution is 5.57. The Morgan fingerprint density at radius 1 is 1.06 bits per heavy atom. The van der Waals surface area contributed by atoms with Crippen molar-refractivity contribution in [3.05, 3.63) is 60.0 Å². The summed E-state index contributed by atoms with van der Waals surface area (Å²) in [4.78, 5) is 12.4. The van der Waals surface area contributed by atoms with E-state index < -0.39 is 0 Å². The molecular formula is C26H33N9. The monoisotopic (exact) mass is 471 g/mol. The van der Waals surface area contributed by atoms with Crippen molar-refractivity contribution in [1.82, 2.24) is 34.7 Å². The molecule has 5 heterocycles. The van der Waals surface area contributed by atoms with Gasteiger partial charge in [0.15, 0.2) is 5.65 Å². The molecule has 0 atom stereocenters. The highest BCUT2D eigenvalue weighted by Gasteiger charge is 2.40. The van der Waals surface area contributed by atoms with Gasteiger partial charge in [-0.15, -0.1) is 0 Å². The van der Waals surface area contributed by atoms with Crippen LogP contribution in [0.1, 0.15) is 50.2 Å². The molecule has 2 aliphatic heterocycles. The minimum atomic E-state index is 0.331. The van der Waals surface area contributed by atoms with Crippen molar-refractivity contribution in [2.24, 2.45) is 5.41 Å². The summed E-state index contributed by atoms with van der Waals surface area (Å²) in [6.07, 6.45) is 9.36. The van der Waals surface area contributed by atoms with Crippen LogP contribution in [0.3, 0.4) is 0 Å². The molecule has 3 aromatic heterocycles. The Kier molecular flexibility index (Phi) is 5.64. The van der Waals surface area contributed by atoms with Crippen LogP contribution in [0.5, 0.6) is 0 Å². The highest BCUT2D eigenvalue weighted by atomic mass is 15.4. The Morgan fingerprint density at radius 2 is 1.91 bits per heavy atom. The van der Waals surface area contributed by atoms with E-state index in [1.54, 1.807) is 6.20 Å². The number of hydrogen-bond acceptors (Lipinski definition) is 7. The fourth-order valence-electron chi connectivity index (χ4n) is 5.49. The lowest BCUT2D eigenvalue weighted by Gasteiger charge is -2.33. The van der Waals surface area contributed by atoms with E-state index in [4.69, 9.17) is 9.97 Å². The zero-order valence-corrected chi connectivity index (χ0v) is 20.5. The molecule has 0 aliphatic carbocycles. The summed E-state index contributed by atoms with van der Waals surface area (Å²) in [5, 5.41) is 16.2. The summed E-state index contributed by atoms with van der Waals surface area (Å²) in [7, 11) is 0. The van der Waals surface area contributed by atoms with Crippen LogP contribution in [0.15, 0.2) is 48.9 Å². The van der Waals surface area contributed by atoms with Crippen molar-refractivity contribution < 1.29 is 0 Å². The Labute approximate surface area is 205 Å². The summed E-state index contributed by atoms with van der Waals surface area (Å²) in [5.41, 5.74) is 4.60. The minimum Gasteiger partial charge on any atom is -0.350 e. The molecule has 0 bridgehead atoms. The summed E-state index contributed by atoms with van der Waals surface area (Å²) < 4.78 is 3.75. The maximum absolute atomic E-state index is 5.04. The number of para-hydroxylation sites is 1. The second-order valence-electron chi connectivity index (χ2n) is 10.2. The molecule has 182 valence electrons. The number of fused-ring (bicyclic) bond motifs is 1. The first kappa shape index (κ1) is 22.0. The molecule has 0 saturated carbocycles. The number of aromatic nitrogens is 6. The maximum Gasteiger partial charge on any atom is 0.230 e. The molecular weight excluding hydrogens is 438 g/mol. The fraction of sp³-hybridized carbons (Fsp3) is 0.462. The molecule has 1 spiro atoms. The van der Waals surface area contributed by atoms with Crippen LogP contribution in [-0.2, 0) is 6.54 Å². The third-order valence-corrected chi connectivity index (χ3v) is 7.57. The SMILES string of the molecule is CC(C)c1cnn2c(NCc3ccccc3-n3cccn3)nc(N3CCC4(CCNCC4)C3)nc12. The predicted octanol–water partition coefficient (Wildman–Crippen LogP) is 3.63. The fourth-order valence-corrected chi connectivity index (χ4v) is 5.49. The second kappa shape index (κ2) is 8.96. The number of nitrogens with zero attached hydrogens (tertiary/aromatic N) is 7. The van der Waals surface area contributed by atoms with E-state index in [1.165, 1.54) is 19.3 Å². The maximum atomic E-state index is 5.04. The van der Waals surface area contributed by atoms with E-state index >= 15 is 0 Å². The summed E-state index contributed by atoms with van der Waals surface area (Å²) in [5.74, 6) is 1.86. The van der Waals surface area contributed by atoms with Crippen LogP contribution < -0.4 is 15.5 Å². The third kappa shape index (κ3) is 4.14. The zero-order valence-electron chi connectivity index (χ0n) is 20.5. The third-order valence-electron chi connectivity index (χ3n) is 7.57. The van der Waals surface area contributed by atoms with Gasteiger partial charge in [-0.1, -0.05) is 32.0 Å². The average molecular weight is 472 g/mol. The van der Waals surface area contributed by atoms with Crippen molar-refractivity contribution in [3.8, 4) is 5.69 Å². The van der Waals surface area contributed by atoms with E-state index in [0.29, 0.717) is 17.9 Å². The smallest absolute Gasteiger partial charge is 0.230 e. The van der Waals surface area contributed by atoms with Crippen LogP contribution in [-0.4, -0.2) is 55.5 Å². The van der Waals surface area contributed by atoms with Gasteiger partial charge < -0.3 is 15.5 Å². The number of benzene rings is 1. The van der Waals surface area contributed by atoms with Crippen molar-refractivity contribution in [1.29, 1.82) is 0 Å². The number of anilines is 2. The van der Waals surface area contributed by atoms with E-state index in [2.05, 4.69) is 57.8 Å². The molecule has 1 aromatic carbocycles. The van der Waals surface area contributed by atoms with Crippen LogP contribution in [0, 0.1) is 5.41 Å². The second-order valence-corrected chi connectivity index (χ2v) is 10.2. The lowest BCUT2D eigenvalue weighted by molar-refractivity contribution is 0.232. The predicted molar refractivity (Wildman–Crippen MR) is 137 cm³/mol. The van der Waals surface area contributed by atoms with E-state index in [1.807, 2.05) is 33.7 Å². The topological polar surface area (TPSA) is 88.2 Å². The summed E-state index contributed by atoms with van der Waals surface area (Å²) >= 11 is 0. The number of nitrogens with one attached hydrogen (secondary N) is 2. The number of piperidine rings is 1. The lowest BCUT2D eigenvalue weighted by Crippen LogP contribution is -2.39. The van der Waals surface area contributed by atoms with Crippen molar-refractivity contribution in [2.45, 2.75) is 45.6 Å². The highest BCUT2D eigenvalue weighted by Crippen LogP contribution is 2.40. The zero-order chi connectivity index (χ0) is 23.8. The Bertz CT molecular complexity index is 1300. The van der Waals surface area contributed by atoms with E-state index in [0.717, 1.165) is 60.5 Å². The molecule has 4 aromatic rings. The van der Waals surface area contributed by atoms with Gasteiger partial charge in [0.2, 0.25) is 11.9 Å². The first-order valence-corrected chi connectivity index (χ1v) is 12.7. The Morgan fingerprint density at radius 3 is 2.71 bits per heavy atom. The minimum absolute atomic E-state index is 0.331. The average Bonchev–Trinajstić information content (AvgIpc) is 3.63. The molecule has 0 radical (unpaired) electrons. The van der Waals surface area contributed by atoms with Crippen LogP contribution >= 0.6 is 0 Å². The molecule has 9 nitrogen and oxygen atoms in total. The molecule has 0 unspecified atom stereocenters. The number of hydrogen-bond donors (Lipinski definition) is 2. The van der Waals surface area contributed by atoms with Crippen LogP contribution in [0.4, 0.5) is 11.9 Å². The first-order valence-electron chi connectivity index (χ1n) is 12.7. The molecule has 2 aliphatic rings. The molecule has 9 heteroatoms.